The van der Waals surface area contributed by atoms with Crippen molar-refractivity contribution in [1.82, 2.24) is 4.98 Å². The van der Waals surface area contributed by atoms with E-state index in [9.17, 15) is 9.59 Å². The first-order valence-corrected chi connectivity index (χ1v) is 13.4. The highest BCUT2D eigenvalue weighted by molar-refractivity contribution is 7.09. The van der Waals surface area contributed by atoms with Crippen molar-refractivity contribution in [3.63, 3.8) is 0 Å². The van der Waals surface area contributed by atoms with E-state index in [1.807, 2.05) is 46.8 Å². The molecule has 1 fully saturated rings. The van der Waals surface area contributed by atoms with Gasteiger partial charge >= 0.3 is 5.97 Å². The summed E-state index contributed by atoms with van der Waals surface area (Å²) in [6, 6.07) is 0. The van der Waals surface area contributed by atoms with Gasteiger partial charge in [0, 0.05) is 23.1 Å². The fraction of sp³-hybridized carbons (Fsp3) is 0.741. The molecule has 2 heterocycles. The number of rotatable bonds is 1. The number of carbonyl (C=O) groups is 2. The Bertz CT molecular complexity index is 697. The van der Waals surface area contributed by atoms with Crippen LogP contribution in [-0.4, -0.2) is 30.4 Å². The average molecular weight is 481 g/mol. The van der Waals surface area contributed by atoms with Gasteiger partial charge in [-0.25, -0.2) is 4.98 Å². The Morgan fingerprint density at radius 2 is 1.76 bits per heavy atom. The van der Waals surface area contributed by atoms with Crippen LogP contribution >= 0.6 is 11.3 Å². The number of carbonyl (C=O) groups excluding carboxylic acids is 2. The quantitative estimate of drug-likeness (QED) is 0.438. The molecule has 2 N–H and O–H groups in total. The van der Waals surface area contributed by atoms with E-state index in [1.54, 1.807) is 11.3 Å². The van der Waals surface area contributed by atoms with Gasteiger partial charge in [-0.05, 0) is 52.2 Å². The number of esters is 1. The molecule has 190 valence electrons. The number of nitrogens with zero attached hydrogens (tertiary/aromatic N) is 1. The van der Waals surface area contributed by atoms with E-state index >= 15 is 0 Å². The minimum Gasteiger partial charge on any atom is -0.466 e. The van der Waals surface area contributed by atoms with Crippen LogP contribution in [0.25, 0.3) is 6.08 Å². The summed E-state index contributed by atoms with van der Waals surface area (Å²) in [7, 11) is 1.50. The zero-order chi connectivity index (χ0) is 25.3. The lowest BCUT2D eigenvalue weighted by molar-refractivity contribution is -0.145. The van der Waals surface area contributed by atoms with Gasteiger partial charge < -0.3 is 10.5 Å². The van der Waals surface area contributed by atoms with Crippen molar-refractivity contribution < 1.29 is 14.3 Å². The van der Waals surface area contributed by atoms with E-state index in [0.29, 0.717) is 31.1 Å². The molecule has 1 aliphatic rings. The number of Topliss-reactive ketones (excluding diaryl/α,β-unsaturated/α-hetero) is 1. The van der Waals surface area contributed by atoms with Crippen LogP contribution in [0.5, 0.6) is 0 Å². The van der Waals surface area contributed by atoms with Gasteiger partial charge in [0.2, 0.25) is 0 Å². The summed E-state index contributed by atoms with van der Waals surface area (Å²) in [6.07, 6.45) is 12.9. The van der Waals surface area contributed by atoms with Crippen molar-refractivity contribution in [2.75, 3.05) is 13.7 Å². The molecule has 33 heavy (non-hydrogen) atoms. The number of thiazole rings is 1. The molecule has 0 unspecified atom stereocenters. The van der Waals surface area contributed by atoms with Crippen LogP contribution in [0.15, 0.2) is 11.5 Å². The number of nitrogens with two attached hydrogens (primary N) is 1. The summed E-state index contributed by atoms with van der Waals surface area (Å²) in [5, 5.41) is 3.18. The van der Waals surface area contributed by atoms with E-state index in [4.69, 9.17) is 4.74 Å². The maximum atomic E-state index is 12.7. The molecule has 1 aromatic rings. The summed E-state index contributed by atoms with van der Waals surface area (Å²) in [5.74, 6) is 0.815. The van der Waals surface area contributed by atoms with E-state index in [0.717, 1.165) is 30.0 Å². The van der Waals surface area contributed by atoms with E-state index < -0.39 is 5.41 Å². The molecule has 0 bridgehead atoms. The van der Waals surface area contributed by atoms with Crippen molar-refractivity contribution in [2.45, 2.75) is 99.3 Å². The largest absolute Gasteiger partial charge is 0.466 e. The zero-order valence-corrected chi connectivity index (χ0v) is 22.9. The molecule has 0 aromatic carbocycles. The number of ketones is 1. The molecule has 0 radical (unpaired) electrons. The molecule has 1 aliphatic heterocycles. The van der Waals surface area contributed by atoms with Crippen LogP contribution in [0.3, 0.4) is 0 Å². The van der Waals surface area contributed by atoms with Gasteiger partial charge in [0.15, 0.2) is 0 Å². The summed E-state index contributed by atoms with van der Waals surface area (Å²) in [4.78, 5) is 28.7. The van der Waals surface area contributed by atoms with Gasteiger partial charge in [-0.3, -0.25) is 9.59 Å². The predicted octanol–water partition coefficient (Wildman–Crippen LogP) is 6.98. The number of allylic oxidation sites excluding steroid dienone is 1. The minimum absolute atomic E-state index is 0.0777. The predicted molar refractivity (Wildman–Crippen MR) is 141 cm³/mol. The third kappa shape index (κ3) is 14.4. The number of hydrogen-bond acceptors (Lipinski definition) is 6. The van der Waals surface area contributed by atoms with Crippen molar-refractivity contribution in [3.05, 3.63) is 22.2 Å². The van der Waals surface area contributed by atoms with Crippen molar-refractivity contribution >= 4 is 29.2 Å². The Balaban J connectivity index is 0.000000770. The van der Waals surface area contributed by atoms with Gasteiger partial charge in [0.05, 0.1) is 17.3 Å². The molecule has 0 saturated carbocycles. The summed E-state index contributed by atoms with van der Waals surface area (Å²) >= 11 is 1.68. The molecule has 1 saturated heterocycles. The number of hydrogen-bond donors (Lipinski definition) is 1. The summed E-state index contributed by atoms with van der Waals surface area (Å²) in [6.45, 7) is 12.8. The highest BCUT2D eigenvalue weighted by Gasteiger charge is 2.32. The Morgan fingerprint density at radius 1 is 1.12 bits per heavy atom. The molecule has 6 heteroatoms. The maximum absolute atomic E-state index is 12.7. The highest BCUT2D eigenvalue weighted by atomic mass is 32.1. The van der Waals surface area contributed by atoms with E-state index in [2.05, 4.69) is 23.0 Å². The molecule has 0 spiro atoms. The second-order valence-corrected chi connectivity index (χ2v) is 10.6. The molecule has 0 aliphatic carbocycles. The summed E-state index contributed by atoms with van der Waals surface area (Å²) in [5.41, 5.74) is 5.13. The standard InChI is InChI=1S/C19H34O3.C7H9NS.CH5N/c1-15-10-8-6-5-7-9-13-22-17(20)11-12-19(3,4)18(21)16(2)14-15;1-3-4-7-5-9-6(2)8-7;1-2/h15-16H,5-14H2,1-4H3;3-5H,1-2H3;2H2,1H3/b;4-3-;/t15-,16+;;/m0../s1. The molecular weight excluding hydrogens is 432 g/mol. The molecule has 2 rings (SSSR count). The Kier molecular flexibility index (Phi) is 17.1. The third-order valence-corrected chi connectivity index (χ3v) is 6.69. The molecular formula is C27H48N2O3S. The fourth-order valence-electron chi connectivity index (χ4n) is 4.04. The zero-order valence-electron chi connectivity index (χ0n) is 22.1. The molecule has 2 atom stereocenters. The Hall–Kier alpha value is -1.53. The smallest absolute Gasteiger partial charge is 0.305 e. The van der Waals surface area contributed by atoms with E-state index in [1.165, 1.54) is 32.7 Å². The van der Waals surface area contributed by atoms with Crippen LogP contribution in [0.4, 0.5) is 0 Å². The van der Waals surface area contributed by atoms with Gasteiger partial charge in [-0.2, -0.15) is 0 Å². The number of aromatic nitrogens is 1. The first-order valence-electron chi connectivity index (χ1n) is 12.5. The Labute approximate surface area is 206 Å². The lowest BCUT2D eigenvalue weighted by Gasteiger charge is -2.28. The van der Waals surface area contributed by atoms with E-state index in [-0.39, 0.29) is 11.9 Å². The second-order valence-electron chi connectivity index (χ2n) is 9.56. The van der Waals surface area contributed by atoms with Gasteiger partial charge in [-0.15, -0.1) is 11.3 Å². The van der Waals surface area contributed by atoms with Crippen LogP contribution < -0.4 is 5.73 Å². The normalized spacial score (nSPS) is 23.0. The molecule has 5 nitrogen and oxygen atoms in total. The molecule has 0 amide bonds. The SMILES string of the molecule is C/C=C\c1csc(C)n1.CN.C[C@H]1CCCCCCCOC(=O)CCC(C)(C)C(=O)[C@H](C)C1. The lowest BCUT2D eigenvalue weighted by atomic mass is 9.75. The highest BCUT2D eigenvalue weighted by Crippen LogP contribution is 2.31. The first kappa shape index (κ1) is 31.5. The average Bonchev–Trinajstić information content (AvgIpc) is 3.19. The van der Waals surface area contributed by atoms with Crippen LogP contribution in [0, 0.1) is 24.2 Å². The van der Waals surface area contributed by atoms with Crippen molar-refractivity contribution in [1.29, 1.82) is 0 Å². The number of ether oxygens (including phenoxy) is 1. The first-order chi connectivity index (χ1) is 15.7. The lowest BCUT2D eigenvalue weighted by Crippen LogP contribution is -2.31. The van der Waals surface area contributed by atoms with Crippen LogP contribution in [0.2, 0.25) is 0 Å². The molecule has 1 aromatic heterocycles. The Morgan fingerprint density at radius 3 is 2.36 bits per heavy atom. The fourth-order valence-corrected chi connectivity index (χ4v) is 4.62. The van der Waals surface area contributed by atoms with Gasteiger partial charge in [-0.1, -0.05) is 65.9 Å². The second kappa shape index (κ2) is 17.9. The number of cyclic esters (lactones) is 1. The van der Waals surface area contributed by atoms with Crippen molar-refractivity contribution in [2.24, 2.45) is 23.0 Å². The minimum atomic E-state index is -0.435. The topological polar surface area (TPSA) is 82.3 Å². The van der Waals surface area contributed by atoms with Gasteiger partial charge in [0.1, 0.15) is 5.78 Å². The summed E-state index contributed by atoms with van der Waals surface area (Å²) < 4.78 is 5.26. The number of aryl methyl sites for hydroxylation is 1. The van der Waals surface area contributed by atoms with Gasteiger partial charge in [0.25, 0.3) is 0 Å². The van der Waals surface area contributed by atoms with Crippen LogP contribution in [0.1, 0.15) is 103 Å². The maximum Gasteiger partial charge on any atom is 0.305 e. The third-order valence-electron chi connectivity index (χ3n) is 5.90. The van der Waals surface area contributed by atoms with Crippen LogP contribution in [-0.2, 0) is 14.3 Å². The van der Waals surface area contributed by atoms with Crippen molar-refractivity contribution in [3.8, 4) is 0 Å². The monoisotopic (exact) mass is 480 g/mol.